The molecule has 1 aliphatic heterocycles. The summed E-state index contributed by atoms with van der Waals surface area (Å²) < 4.78 is 0. The summed E-state index contributed by atoms with van der Waals surface area (Å²) >= 11 is 1.86. The number of benzene rings is 1. The Morgan fingerprint density at radius 2 is 2.12 bits per heavy atom. The predicted octanol–water partition coefficient (Wildman–Crippen LogP) is 1.97. The van der Waals surface area contributed by atoms with Crippen LogP contribution in [0.25, 0.3) is 0 Å². The number of piperidine rings is 1. The van der Waals surface area contributed by atoms with Gasteiger partial charge in [-0.3, -0.25) is 4.79 Å². The molecule has 1 aromatic carbocycles. The number of nitrogens with two attached hydrogens (primary N) is 1. The maximum absolute atomic E-state index is 11.1. The number of rotatable bonds is 3. The molecule has 0 atom stereocenters. The zero-order valence-electron chi connectivity index (χ0n) is 10.1. The van der Waals surface area contributed by atoms with E-state index in [-0.39, 0.29) is 5.91 Å². The van der Waals surface area contributed by atoms with E-state index in [1.54, 1.807) is 6.07 Å². The van der Waals surface area contributed by atoms with Crippen molar-refractivity contribution < 1.29 is 4.79 Å². The van der Waals surface area contributed by atoms with Crippen LogP contribution in [0.1, 0.15) is 23.2 Å². The van der Waals surface area contributed by atoms with E-state index < -0.39 is 0 Å². The minimum Gasteiger partial charge on any atom is -0.366 e. The van der Waals surface area contributed by atoms with Gasteiger partial charge < -0.3 is 10.6 Å². The third kappa shape index (κ3) is 3.48. The molecule has 0 saturated carbocycles. The average Bonchev–Trinajstić information content (AvgIpc) is 2.32. The van der Waals surface area contributed by atoms with Crippen LogP contribution < -0.4 is 5.73 Å². The van der Waals surface area contributed by atoms with Crippen molar-refractivity contribution in [3.63, 3.8) is 0 Å². The van der Waals surface area contributed by atoms with Gasteiger partial charge in [0, 0.05) is 15.7 Å². The average molecular weight is 250 g/mol. The highest BCUT2D eigenvalue weighted by molar-refractivity contribution is 8.00. The fourth-order valence-electron chi connectivity index (χ4n) is 2.02. The topological polar surface area (TPSA) is 46.3 Å². The van der Waals surface area contributed by atoms with Gasteiger partial charge in [-0.25, -0.2) is 0 Å². The molecule has 92 valence electrons. The zero-order valence-corrected chi connectivity index (χ0v) is 10.9. The molecule has 0 aliphatic carbocycles. The molecule has 1 saturated heterocycles. The first-order valence-electron chi connectivity index (χ1n) is 5.90. The van der Waals surface area contributed by atoms with Crippen LogP contribution in [0, 0.1) is 0 Å². The van der Waals surface area contributed by atoms with Crippen LogP contribution in [0.3, 0.4) is 0 Å². The Hall–Kier alpha value is -1.00. The van der Waals surface area contributed by atoms with Gasteiger partial charge in [0.05, 0.1) is 0 Å². The van der Waals surface area contributed by atoms with Crippen molar-refractivity contribution in [3.8, 4) is 0 Å². The summed E-state index contributed by atoms with van der Waals surface area (Å²) in [7, 11) is 2.16. The number of primary amides is 1. The van der Waals surface area contributed by atoms with Gasteiger partial charge in [0.15, 0.2) is 0 Å². The Morgan fingerprint density at radius 3 is 2.76 bits per heavy atom. The Bertz CT molecular complexity index is 400. The standard InChI is InChI=1S/C13H18N2OS/c1-15-7-5-11(6-8-15)17-12-4-2-3-10(9-12)13(14)16/h2-4,9,11H,5-8H2,1H3,(H2,14,16). The summed E-state index contributed by atoms with van der Waals surface area (Å²) in [5.74, 6) is -0.351. The van der Waals surface area contributed by atoms with Crippen LogP contribution in [-0.2, 0) is 0 Å². The van der Waals surface area contributed by atoms with Gasteiger partial charge in [-0.15, -0.1) is 11.8 Å². The first kappa shape index (κ1) is 12.5. The molecule has 2 rings (SSSR count). The SMILES string of the molecule is CN1CCC(Sc2cccc(C(N)=O)c2)CC1. The molecule has 1 amide bonds. The second-order valence-corrected chi connectivity index (χ2v) is 5.89. The van der Waals surface area contributed by atoms with Gasteiger partial charge in [-0.1, -0.05) is 6.07 Å². The highest BCUT2D eigenvalue weighted by Crippen LogP contribution is 2.30. The Kier molecular flexibility index (Phi) is 4.07. The molecule has 1 fully saturated rings. The molecule has 0 unspecified atom stereocenters. The van der Waals surface area contributed by atoms with Gasteiger partial charge in [0.1, 0.15) is 0 Å². The third-order valence-electron chi connectivity index (χ3n) is 3.09. The molecule has 0 radical (unpaired) electrons. The number of carbonyl (C=O) groups excluding carboxylic acids is 1. The van der Waals surface area contributed by atoms with Gasteiger partial charge >= 0.3 is 0 Å². The fraction of sp³-hybridized carbons (Fsp3) is 0.462. The number of hydrogen-bond acceptors (Lipinski definition) is 3. The van der Waals surface area contributed by atoms with E-state index in [9.17, 15) is 4.79 Å². The van der Waals surface area contributed by atoms with Crippen LogP contribution in [0.2, 0.25) is 0 Å². The summed E-state index contributed by atoms with van der Waals surface area (Å²) in [6.45, 7) is 2.32. The molecule has 2 N–H and O–H groups in total. The molecule has 3 nitrogen and oxygen atoms in total. The number of thioether (sulfide) groups is 1. The normalized spacial score (nSPS) is 18.2. The van der Waals surface area contributed by atoms with Crippen molar-refractivity contribution in [1.82, 2.24) is 4.90 Å². The van der Waals surface area contributed by atoms with E-state index in [1.165, 1.54) is 12.8 Å². The number of nitrogens with zero attached hydrogens (tertiary/aromatic N) is 1. The summed E-state index contributed by atoms with van der Waals surface area (Å²) in [4.78, 5) is 14.6. The zero-order chi connectivity index (χ0) is 12.3. The van der Waals surface area contributed by atoms with Crippen LogP contribution in [0.5, 0.6) is 0 Å². The Labute approximate surface area is 106 Å². The largest absolute Gasteiger partial charge is 0.366 e. The smallest absolute Gasteiger partial charge is 0.248 e. The predicted molar refractivity (Wildman–Crippen MR) is 71.3 cm³/mol. The van der Waals surface area contributed by atoms with E-state index in [0.29, 0.717) is 10.8 Å². The summed E-state index contributed by atoms with van der Waals surface area (Å²) in [5, 5.41) is 0.661. The van der Waals surface area contributed by atoms with Gasteiger partial charge in [0.2, 0.25) is 5.91 Å². The molecule has 0 spiro atoms. The molecule has 1 aromatic rings. The minimum atomic E-state index is -0.351. The molecule has 0 aromatic heterocycles. The highest BCUT2D eigenvalue weighted by atomic mass is 32.2. The van der Waals surface area contributed by atoms with Gasteiger partial charge in [-0.05, 0) is 51.2 Å². The summed E-state index contributed by atoms with van der Waals surface area (Å²) in [6.07, 6.45) is 2.42. The molecule has 0 bridgehead atoms. The van der Waals surface area contributed by atoms with E-state index in [4.69, 9.17) is 5.73 Å². The van der Waals surface area contributed by atoms with Crippen molar-refractivity contribution >= 4 is 17.7 Å². The number of carbonyl (C=O) groups is 1. The third-order valence-corrected chi connectivity index (χ3v) is 4.42. The number of hydrogen-bond donors (Lipinski definition) is 1. The van der Waals surface area contributed by atoms with Crippen LogP contribution in [-0.4, -0.2) is 36.2 Å². The Balaban J connectivity index is 1.98. The van der Waals surface area contributed by atoms with Crippen molar-refractivity contribution in [2.24, 2.45) is 5.73 Å². The van der Waals surface area contributed by atoms with Crippen LogP contribution in [0.4, 0.5) is 0 Å². The van der Waals surface area contributed by atoms with Crippen molar-refractivity contribution in [1.29, 1.82) is 0 Å². The second-order valence-electron chi connectivity index (χ2n) is 4.51. The van der Waals surface area contributed by atoms with E-state index in [0.717, 1.165) is 18.0 Å². The summed E-state index contributed by atoms with van der Waals surface area (Å²) in [6, 6.07) is 7.61. The minimum absolute atomic E-state index is 0.351. The van der Waals surface area contributed by atoms with Gasteiger partial charge in [0.25, 0.3) is 0 Å². The monoisotopic (exact) mass is 250 g/mol. The molecule has 1 aliphatic rings. The van der Waals surface area contributed by atoms with E-state index in [1.807, 2.05) is 23.9 Å². The first-order chi connectivity index (χ1) is 8.15. The fourth-order valence-corrected chi connectivity index (χ4v) is 3.20. The van der Waals surface area contributed by atoms with Crippen molar-refractivity contribution in [2.45, 2.75) is 23.0 Å². The first-order valence-corrected chi connectivity index (χ1v) is 6.78. The van der Waals surface area contributed by atoms with E-state index >= 15 is 0 Å². The lowest BCUT2D eigenvalue weighted by Gasteiger charge is -2.28. The van der Waals surface area contributed by atoms with Crippen molar-refractivity contribution in [3.05, 3.63) is 29.8 Å². The lowest BCUT2D eigenvalue weighted by atomic mass is 10.1. The highest BCUT2D eigenvalue weighted by Gasteiger charge is 2.17. The lowest BCUT2D eigenvalue weighted by Crippen LogP contribution is -2.31. The molecular weight excluding hydrogens is 232 g/mol. The molecule has 17 heavy (non-hydrogen) atoms. The molecular formula is C13H18N2OS. The number of likely N-dealkylation sites (tertiary alicyclic amines) is 1. The van der Waals surface area contributed by atoms with Crippen LogP contribution in [0.15, 0.2) is 29.2 Å². The second kappa shape index (κ2) is 5.56. The van der Waals surface area contributed by atoms with Crippen LogP contribution >= 0.6 is 11.8 Å². The lowest BCUT2D eigenvalue weighted by molar-refractivity contribution is 0.1000. The summed E-state index contributed by atoms with van der Waals surface area (Å²) in [5.41, 5.74) is 5.88. The Morgan fingerprint density at radius 1 is 1.41 bits per heavy atom. The maximum atomic E-state index is 11.1. The van der Waals surface area contributed by atoms with E-state index in [2.05, 4.69) is 18.0 Å². The molecule has 1 heterocycles. The van der Waals surface area contributed by atoms with Crippen molar-refractivity contribution in [2.75, 3.05) is 20.1 Å². The van der Waals surface area contributed by atoms with Gasteiger partial charge in [-0.2, -0.15) is 0 Å². The molecule has 4 heteroatoms. The quantitative estimate of drug-likeness (QED) is 0.892. The number of amides is 1. The maximum Gasteiger partial charge on any atom is 0.248 e.